The number of anilines is 2. The summed E-state index contributed by atoms with van der Waals surface area (Å²) >= 11 is 0. The Balaban J connectivity index is 1.80. The summed E-state index contributed by atoms with van der Waals surface area (Å²) in [6, 6.07) is 7.45. The number of sulfonamides is 1. The molecular formula is C17H14F2N2O5S. The summed E-state index contributed by atoms with van der Waals surface area (Å²) in [5, 5.41) is 9.01. The Morgan fingerprint density at radius 1 is 1.11 bits per heavy atom. The maximum absolute atomic E-state index is 13.2. The normalized spacial score (nSPS) is 17.2. The van der Waals surface area contributed by atoms with Gasteiger partial charge in [-0.05, 0) is 36.4 Å². The average molecular weight is 396 g/mol. The van der Waals surface area contributed by atoms with Gasteiger partial charge in [0.05, 0.1) is 16.5 Å². The van der Waals surface area contributed by atoms with Gasteiger partial charge in [0, 0.05) is 24.7 Å². The number of amides is 1. The van der Waals surface area contributed by atoms with Gasteiger partial charge in [-0.1, -0.05) is 0 Å². The Kier molecular flexibility index (Phi) is 4.83. The van der Waals surface area contributed by atoms with E-state index < -0.39 is 33.5 Å². The van der Waals surface area contributed by atoms with Gasteiger partial charge >= 0.3 is 5.97 Å². The van der Waals surface area contributed by atoms with Crippen molar-refractivity contribution in [3.63, 3.8) is 0 Å². The number of carbonyl (C=O) groups excluding carboxylic acids is 1. The molecule has 1 aliphatic rings. The van der Waals surface area contributed by atoms with E-state index >= 15 is 0 Å². The van der Waals surface area contributed by atoms with Gasteiger partial charge in [-0.3, -0.25) is 14.3 Å². The molecular weight excluding hydrogens is 382 g/mol. The van der Waals surface area contributed by atoms with Crippen LogP contribution in [0.25, 0.3) is 0 Å². The molecule has 3 rings (SSSR count). The van der Waals surface area contributed by atoms with Gasteiger partial charge in [-0.25, -0.2) is 17.2 Å². The second-order valence-electron chi connectivity index (χ2n) is 6.00. The van der Waals surface area contributed by atoms with Crippen LogP contribution in [0.1, 0.15) is 6.42 Å². The van der Waals surface area contributed by atoms with E-state index in [4.69, 9.17) is 5.11 Å². The lowest BCUT2D eigenvalue weighted by Crippen LogP contribution is -2.25. The lowest BCUT2D eigenvalue weighted by atomic mass is 10.1. The van der Waals surface area contributed by atoms with Gasteiger partial charge in [0.15, 0.2) is 0 Å². The molecule has 1 atom stereocenters. The number of carboxylic acids is 1. The van der Waals surface area contributed by atoms with E-state index in [1.165, 1.54) is 29.2 Å². The van der Waals surface area contributed by atoms with Crippen molar-refractivity contribution in [3.05, 3.63) is 54.1 Å². The quantitative estimate of drug-likeness (QED) is 0.807. The molecule has 0 bridgehead atoms. The van der Waals surface area contributed by atoms with Gasteiger partial charge in [-0.2, -0.15) is 0 Å². The second-order valence-corrected chi connectivity index (χ2v) is 7.68. The number of carbonyl (C=O) groups is 2. The number of benzene rings is 2. The Morgan fingerprint density at radius 3 is 2.22 bits per heavy atom. The van der Waals surface area contributed by atoms with Crippen molar-refractivity contribution in [1.29, 1.82) is 0 Å². The minimum Gasteiger partial charge on any atom is -0.481 e. The third kappa shape index (κ3) is 4.05. The fraction of sp³-hybridized carbons (Fsp3) is 0.176. The molecule has 1 amide bonds. The van der Waals surface area contributed by atoms with Crippen molar-refractivity contribution < 1.29 is 31.9 Å². The molecule has 10 heteroatoms. The number of nitrogens with zero attached hydrogens (tertiary/aromatic N) is 1. The molecule has 142 valence electrons. The van der Waals surface area contributed by atoms with Crippen LogP contribution >= 0.6 is 0 Å². The smallest absolute Gasteiger partial charge is 0.308 e. The Hall–Kier alpha value is -3.01. The van der Waals surface area contributed by atoms with Gasteiger partial charge in [0.25, 0.3) is 10.0 Å². The van der Waals surface area contributed by atoms with E-state index in [0.717, 1.165) is 12.1 Å². The molecule has 2 N–H and O–H groups in total. The summed E-state index contributed by atoms with van der Waals surface area (Å²) in [5.41, 5.74) is 0.0927. The maximum atomic E-state index is 13.2. The molecule has 2 aromatic carbocycles. The molecule has 27 heavy (non-hydrogen) atoms. The zero-order valence-electron chi connectivity index (χ0n) is 13.7. The first kappa shape index (κ1) is 18.8. The highest BCUT2D eigenvalue weighted by Crippen LogP contribution is 2.27. The number of rotatable bonds is 5. The van der Waals surface area contributed by atoms with E-state index in [1.54, 1.807) is 0 Å². The van der Waals surface area contributed by atoms with Crippen molar-refractivity contribution >= 4 is 33.3 Å². The molecule has 2 aromatic rings. The Bertz CT molecular complexity index is 988. The van der Waals surface area contributed by atoms with Crippen LogP contribution in [0.2, 0.25) is 0 Å². The number of hydrogen-bond donors (Lipinski definition) is 2. The van der Waals surface area contributed by atoms with Crippen LogP contribution < -0.4 is 9.62 Å². The highest BCUT2D eigenvalue weighted by molar-refractivity contribution is 7.92. The van der Waals surface area contributed by atoms with Crippen LogP contribution in [0.3, 0.4) is 0 Å². The van der Waals surface area contributed by atoms with Crippen molar-refractivity contribution in [1.82, 2.24) is 0 Å². The van der Waals surface area contributed by atoms with Crippen LogP contribution in [0, 0.1) is 17.6 Å². The molecule has 0 saturated carbocycles. The summed E-state index contributed by atoms with van der Waals surface area (Å²) in [7, 11) is -4.11. The summed E-state index contributed by atoms with van der Waals surface area (Å²) in [5.74, 6) is -4.11. The zero-order chi connectivity index (χ0) is 19.8. The maximum Gasteiger partial charge on any atom is 0.308 e. The largest absolute Gasteiger partial charge is 0.481 e. The number of halogens is 2. The molecule has 1 heterocycles. The van der Waals surface area contributed by atoms with Gasteiger partial charge in [0.1, 0.15) is 11.6 Å². The van der Waals surface area contributed by atoms with E-state index in [2.05, 4.69) is 4.72 Å². The molecule has 1 saturated heterocycles. The van der Waals surface area contributed by atoms with Gasteiger partial charge in [-0.15, -0.1) is 0 Å². The van der Waals surface area contributed by atoms with Crippen molar-refractivity contribution in [2.24, 2.45) is 5.92 Å². The van der Waals surface area contributed by atoms with Crippen LogP contribution in [-0.2, 0) is 19.6 Å². The lowest BCUT2D eigenvalue weighted by molar-refractivity contribution is -0.141. The highest BCUT2D eigenvalue weighted by Gasteiger charge is 2.35. The summed E-state index contributed by atoms with van der Waals surface area (Å²) < 4.78 is 53.2. The van der Waals surface area contributed by atoms with E-state index in [1.807, 2.05) is 0 Å². The topological polar surface area (TPSA) is 104 Å². The minimum atomic E-state index is -4.11. The average Bonchev–Trinajstić information content (AvgIpc) is 2.96. The second kappa shape index (κ2) is 6.95. The van der Waals surface area contributed by atoms with E-state index in [0.29, 0.717) is 11.8 Å². The predicted octanol–water partition coefficient (Wildman–Crippen LogP) is 2.20. The van der Waals surface area contributed by atoms with Crippen molar-refractivity contribution in [3.8, 4) is 0 Å². The Morgan fingerprint density at radius 2 is 1.70 bits per heavy atom. The number of hydrogen-bond acceptors (Lipinski definition) is 4. The van der Waals surface area contributed by atoms with Crippen LogP contribution in [-0.4, -0.2) is 31.9 Å². The van der Waals surface area contributed by atoms with Gasteiger partial charge in [0.2, 0.25) is 5.91 Å². The molecule has 0 radical (unpaired) electrons. The zero-order valence-corrected chi connectivity index (χ0v) is 14.5. The Labute approximate surface area is 153 Å². The molecule has 0 aliphatic carbocycles. The van der Waals surface area contributed by atoms with E-state index in [9.17, 15) is 26.8 Å². The molecule has 0 aromatic heterocycles. The minimum absolute atomic E-state index is 0.00107. The molecule has 7 nitrogen and oxygen atoms in total. The van der Waals surface area contributed by atoms with Crippen LogP contribution in [0.15, 0.2) is 47.4 Å². The highest BCUT2D eigenvalue weighted by atomic mass is 32.2. The van der Waals surface area contributed by atoms with E-state index in [-0.39, 0.29) is 29.5 Å². The standard InChI is InChI=1S/C17H14F2N2O5S/c18-11-6-12(19)8-13(7-11)20-27(25,26)15-3-1-14(2-4-15)21-9-10(17(23)24)5-16(21)22/h1-4,6-8,10,20H,5,9H2,(H,23,24). The number of nitrogens with one attached hydrogen (secondary N) is 1. The van der Waals surface area contributed by atoms with Crippen molar-refractivity contribution in [2.75, 3.05) is 16.2 Å². The van der Waals surface area contributed by atoms with Gasteiger partial charge < -0.3 is 10.0 Å². The SMILES string of the molecule is O=C(O)C1CC(=O)N(c2ccc(S(=O)(=O)Nc3cc(F)cc(F)c3)cc2)C1. The molecule has 1 unspecified atom stereocenters. The molecule has 1 aliphatic heterocycles. The molecule has 1 fully saturated rings. The lowest BCUT2D eigenvalue weighted by Gasteiger charge is -2.16. The third-order valence-corrected chi connectivity index (χ3v) is 5.44. The first-order valence-corrected chi connectivity index (χ1v) is 9.26. The number of carboxylic acid groups (broad SMARTS) is 1. The summed E-state index contributed by atoms with van der Waals surface area (Å²) in [6.07, 6.45) is -0.123. The van der Waals surface area contributed by atoms with Crippen LogP contribution in [0.5, 0.6) is 0 Å². The first-order valence-electron chi connectivity index (χ1n) is 7.78. The monoisotopic (exact) mass is 396 g/mol. The predicted molar refractivity (Wildman–Crippen MR) is 91.7 cm³/mol. The fourth-order valence-corrected chi connectivity index (χ4v) is 3.79. The van der Waals surface area contributed by atoms with Crippen molar-refractivity contribution in [2.45, 2.75) is 11.3 Å². The summed E-state index contributed by atoms with van der Waals surface area (Å²) in [6.45, 7) is 0.00107. The summed E-state index contributed by atoms with van der Waals surface area (Å²) in [4.78, 5) is 24.0. The fourth-order valence-electron chi connectivity index (χ4n) is 2.75. The third-order valence-electron chi connectivity index (χ3n) is 4.05. The van der Waals surface area contributed by atoms with Crippen LogP contribution in [0.4, 0.5) is 20.2 Å². The molecule has 0 spiro atoms. The number of aliphatic carboxylic acids is 1. The first-order chi connectivity index (χ1) is 12.7.